The van der Waals surface area contributed by atoms with Crippen LogP contribution in [-0.2, 0) is 27.8 Å². The Bertz CT molecular complexity index is 2240. The Hall–Kier alpha value is -3.81. The van der Waals surface area contributed by atoms with Crippen LogP contribution in [0.4, 0.5) is 0 Å². The molecule has 0 saturated carbocycles. The van der Waals surface area contributed by atoms with Crippen LogP contribution in [0.25, 0.3) is 21.9 Å². The lowest BCUT2D eigenvalue weighted by Crippen LogP contribution is -2.17. The monoisotopic (exact) mass is 802 g/mol. The molecule has 6 rings (SSSR count). The Morgan fingerprint density at radius 1 is 0.579 bits per heavy atom. The van der Waals surface area contributed by atoms with Crippen LogP contribution >= 0.6 is 16.2 Å². The van der Waals surface area contributed by atoms with E-state index in [1.807, 2.05) is 6.07 Å². The summed E-state index contributed by atoms with van der Waals surface area (Å²) in [5.74, 6) is 0.936. The zero-order valence-corrected chi connectivity index (χ0v) is 38.4. The third-order valence-corrected chi connectivity index (χ3v) is 14.5. The first-order chi connectivity index (χ1) is 26.7. The van der Waals surface area contributed by atoms with Crippen molar-refractivity contribution >= 4 is 43.4 Å². The van der Waals surface area contributed by atoms with Gasteiger partial charge < -0.3 is 13.1 Å². The molecule has 6 heteroatoms. The van der Waals surface area contributed by atoms with Gasteiger partial charge in [0.2, 0.25) is 0 Å². The highest BCUT2D eigenvalue weighted by Crippen LogP contribution is 2.48. The van der Waals surface area contributed by atoms with Crippen molar-refractivity contribution in [2.24, 2.45) is 0 Å². The lowest BCUT2D eigenvalue weighted by molar-refractivity contribution is 0.258. The molecule has 2 atom stereocenters. The van der Waals surface area contributed by atoms with E-state index in [1.165, 1.54) is 22.0 Å². The Kier molecular flexibility index (Phi) is 12.6. The molecule has 5 aromatic carbocycles. The Morgan fingerprint density at radius 2 is 1.05 bits per heavy atom. The summed E-state index contributed by atoms with van der Waals surface area (Å²) in [5.41, 5.74) is 8.41. The summed E-state index contributed by atoms with van der Waals surface area (Å²) in [6.45, 7) is 27.4. The lowest BCUT2D eigenvalue weighted by Gasteiger charge is -2.27. The van der Waals surface area contributed by atoms with Crippen molar-refractivity contribution in [1.29, 1.82) is 0 Å². The predicted octanol–water partition coefficient (Wildman–Crippen LogP) is 15.1. The molecule has 0 saturated heterocycles. The molecule has 0 N–H and O–H groups in total. The molecule has 0 fully saturated rings. The molecule has 1 heterocycles. The number of hydrogen-bond acceptors (Lipinski definition) is 4. The van der Waals surface area contributed by atoms with Crippen LogP contribution in [-0.4, -0.2) is 13.3 Å². The Balaban J connectivity index is 1.58. The normalized spacial score (nSPS) is 13.8. The van der Waals surface area contributed by atoms with E-state index in [0.717, 1.165) is 63.1 Å². The molecule has 0 aliphatic rings. The fourth-order valence-corrected chi connectivity index (χ4v) is 11.0. The van der Waals surface area contributed by atoms with Crippen molar-refractivity contribution in [2.75, 3.05) is 13.3 Å². The summed E-state index contributed by atoms with van der Waals surface area (Å²) in [6.07, 6.45) is 2.42. The summed E-state index contributed by atoms with van der Waals surface area (Å²) in [6, 6.07) is 39.4. The summed E-state index contributed by atoms with van der Waals surface area (Å²) in [4.78, 5) is 0. The van der Waals surface area contributed by atoms with Gasteiger partial charge in [0.1, 0.15) is 16.9 Å². The molecular formula is C51H64O4P2. The fourth-order valence-electron chi connectivity index (χ4n) is 7.35. The number of rotatable bonds is 10. The lowest BCUT2D eigenvalue weighted by atomic mass is 9.77. The van der Waals surface area contributed by atoms with Crippen molar-refractivity contribution < 1.29 is 17.7 Å². The first kappa shape index (κ1) is 42.8. The van der Waals surface area contributed by atoms with E-state index in [-0.39, 0.29) is 27.8 Å². The van der Waals surface area contributed by atoms with E-state index in [1.54, 1.807) is 7.11 Å². The van der Waals surface area contributed by atoms with Crippen LogP contribution < -0.4 is 14.6 Å². The van der Waals surface area contributed by atoms with Gasteiger partial charge in [0.25, 0.3) is 0 Å². The minimum atomic E-state index is -1.89. The maximum Gasteiger partial charge on any atom is 0.388 e. The topological polar surface area (TPSA) is 44.7 Å². The van der Waals surface area contributed by atoms with E-state index < -0.39 is 16.2 Å². The minimum Gasteiger partial charge on any atom is -0.496 e. The number of benzene rings is 5. The maximum absolute atomic E-state index is 7.29. The number of para-hydroxylation sites is 1. The summed E-state index contributed by atoms with van der Waals surface area (Å²) >= 11 is 0. The second kappa shape index (κ2) is 16.8. The number of ether oxygens (including phenoxy) is 1. The highest BCUT2D eigenvalue weighted by Gasteiger charge is 2.30. The van der Waals surface area contributed by atoms with Gasteiger partial charge in [0.05, 0.1) is 13.2 Å². The number of fused-ring (bicyclic) bond motifs is 3. The van der Waals surface area contributed by atoms with Gasteiger partial charge in [-0.05, 0) is 80.0 Å². The number of methoxy groups -OCH3 is 1. The van der Waals surface area contributed by atoms with Gasteiger partial charge in [-0.2, -0.15) is 0 Å². The molecule has 0 bridgehead atoms. The molecule has 302 valence electrons. The molecule has 1 aromatic heterocycles. The fraction of sp³-hybridized carbons (Fsp3) is 0.412. The second-order valence-electron chi connectivity index (χ2n) is 19.6. The van der Waals surface area contributed by atoms with E-state index in [9.17, 15) is 0 Å². The van der Waals surface area contributed by atoms with Crippen LogP contribution in [0.2, 0.25) is 0 Å². The van der Waals surface area contributed by atoms with E-state index in [4.69, 9.17) is 17.7 Å². The third-order valence-electron chi connectivity index (χ3n) is 10.9. The van der Waals surface area contributed by atoms with Gasteiger partial charge in [0.15, 0.2) is 0 Å². The van der Waals surface area contributed by atoms with Crippen LogP contribution in [0.1, 0.15) is 129 Å². The van der Waals surface area contributed by atoms with Crippen molar-refractivity contribution in [3.05, 3.63) is 143 Å². The molecule has 0 amide bonds. The first-order valence-electron chi connectivity index (χ1n) is 20.4. The average molecular weight is 803 g/mol. The standard InChI is InChI=1S/C51H64O4P2/c1-48(2,3)37-30-40-41-31-38(49(4,5)6)33-43(51(10,11)12)47(41)55-57(54-46(40)42(32-37)50(7,8)9)53-45(35-22-16-14-17-23-35)28-29-56(39-25-18-15-19-26-39)34-36-24-20-21-27-44(36)52-13/h14-27,30-33,45H,28-29,34H2,1-13H3/t45-,56?/m0/s1. The molecule has 1 unspecified atom stereocenters. The van der Waals surface area contributed by atoms with Crippen LogP contribution in [0, 0.1) is 0 Å². The van der Waals surface area contributed by atoms with Crippen LogP contribution in [0.5, 0.6) is 5.75 Å². The smallest absolute Gasteiger partial charge is 0.388 e. The predicted molar refractivity (Wildman–Crippen MR) is 246 cm³/mol. The van der Waals surface area contributed by atoms with Gasteiger partial charge >= 0.3 is 8.24 Å². The number of hydrogen-bond donors (Lipinski definition) is 0. The second-order valence-corrected chi connectivity index (χ2v) is 23.0. The molecular weight excluding hydrogens is 739 g/mol. The van der Waals surface area contributed by atoms with Gasteiger partial charge in [-0.15, -0.1) is 0 Å². The summed E-state index contributed by atoms with van der Waals surface area (Å²) in [7, 11) is -0.724. The zero-order chi connectivity index (χ0) is 41.3. The first-order valence-corrected chi connectivity index (χ1v) is 23.2. The molecule has 57 heavy (non-hydrogen) atoms. The van der Waals surface area contributed by atoms with Crippen molar-refractivity contribution in [3.8, 4) is 5.75 Å². The Morgan fingerprint density at radius 3 is 1.53 bits per heavy atom. The molecule has 0 spiro atoms. The van der Waals surface area contributed by atoms with Gasteiger partial charge in [-0.1, -0.05) is 182 Å². The highest BCUT2D eigenvalue weighted by molar-refractivity contribution is 7.64. The van der Waals surface area contributed by atoms with Gasteiger partial charge in [0, 0.05) is 28.1 Å². The molecule has 0 radical (unpaired) electrons. The average Bonchev–Trinajstić information content (AvgIpc) is 3.30. The maximum atomic E-state index is 7.29. The third kappa shape index (κ3) is 10.1. The summed E-state index contributed by atoms with van der Waals surface area (Å²) in [5, 5.41) is 3.52. The van der Waals surface area contributed by atoms with Gasteiger partial charge in [-0.3, -0.25) is 4.52 Å². The van der Waals surface area contributed by atoms with Gasteiger partial charge in [-0.25, -0.2) is 0 Å². The molecule has 6 aromatic rings. The van der Waals surface area contributed by atoms with E-state index in [0.29, 0.717) is 0 Å². The van der Waals surface area contributed by atoms with Crippen molar-refractivity contribution in [2.45, 2.75) is 123 Å². The highest BCUT2D eigenvalue weighted by atomic mass is 31.1. The largest absolute Gasteiger partial charge is 0.496 e. The molecule has 4 nitrogen and oxygen atoms in total. The zero-order valence-electron chi connectivity index (χ0n) is 36.6. The van der Waals surface area contributed by atoms with Crippen LogP contribution in [0.15, 0.2) is 118 Å². The minimum absolute atomic E-state index is 0.0721. The molecule has 0 aliphatic carbocycles. The SMILES string of the molecule is COc1ccccc1CP(CC[C@H](Op1oc2c(C(C)(C)C)cc(C(C)(C)C)cc2c2cc(C(C)(C)C)cc(C(C)(C)C)c2o1)c1ccccc1)c1ccccc1. The summed E-state index contributed by atoms with van der Waals surface area (Å²) < 4.78 is 27.6. The molecule has 0 aliphatic heterocycles. The van der Waals surface area contributed by atoms with E-state index in [2.05, 4.69) is 186 Å². The van der Waals surface area contributed by atoms with Crippen molar-refractivity contribution in [1.82, 2.24) is 0 Å². The quantitative estimate of drug-likeness (QED) is 0.129. The van der Waals surface area contributed by atoms with Crippen molar-refractivity contribution in [3.63, 3.8) is 0 Å². The Labute approximate surface area is 344 Å². The van der Waals surface area contributed by atoms with Crippen LogP contribution in [0.3, 0.4) is 0 Å². The van der Waals surface area contributed by atoms with E-state index >= 15 is 0 Å².